The first kappa shape index (κ1) is 12.3. The van der Waals surface area contributed by atoms with E-state index in [2.05, 4.69) is 29.1 Å². The molecule has 1 aromatic rings. The van der Waals surface area contributed by atoms with Gasteiger partial charge in [-0.25, -0.2) is 14.4 Å². The smallest absolute Gasteiger partial charge is 0.186 e. The maximum atomic E-state index is 13.7. The van der Waals surface area contributed by atoms with Gasteiger partial charge in [0.15, 0.2) is 11.6 Å². The van der Waals surface area contributed by atoms with Crippen LogP contribution in [0.5, 0.6) is 0 Å². The Kier molecular flexibility index (Phi) is 3.60. The molecule has 0 aliphatic heterocycles. The molecule has 0 aromatic carbocycles. The quantitative estimate of drug-likeness (QED) is 0.858. The lowest BCUT2D eigenvalue weighted by molar-refractivity contribution is 0.260. The fraction of sp³-hybridized carbons (Fsp3) is 0.692. The van der Waals surface area contributed by atoms with Gasteiger partial charge in [0.2, 0.25) is 0 Å². The van der Waals surface area contributed by atoms with Crippen LogP contribution in [0.1, 0.15) is 38.8 Å². The molecule has 4 heteroatoms. The van der Waals surface area contributed by atoms with Crippen molar-refractivity contribution in [2.24, 2.45) is 11.8 Å². The molecule has 0 amide bonds. The summed E-state index contributed by atoms with van der Waals surface area (Å²) in [6.45, 7) is 6.21. The highest BCUT2D eigenvalue weighted by atomic mass is 19.1. The highest BCUT2D eigenvalue weighted by Crippen LogP contribution is 2.31. The van der Waals surface area contributed by atoms with Crippen molar-refractivity contribution < 1.29 is 4.39 Å². The fourth-order valence-corrected chi connectivity index (χ4v) is 2.43. The topological polar surface area (TPSA) is 37.8 Å². The molecule has 1 aromatic heterocycles. The monoisotopic (exact) mass is 237 g/mol. The third-order valence-corrected chi connectivity index (χ3v) is 3.90. The van der Waals surface area contributed by atoms with Gasteiger partial charge in [-0.1, -0.05) is 13.8 Å². The molecule has 17 heavy (non-hydrogen) atoms. The molecule has 3 atom stereocenters. The molecule has 0 radical (unpaired) electrons. The van der Waals surface area contributed by atoms with Crippen molar-refractivity contribution in [1.82, 2.24) is 9.97 Å². The van der Waals surface area contributed by atoms with Crippen LogP contribution >= 0.6 is 0 Å². The van der Waals surface area contributed by atoms with E-state index in [1.165, 1.54) is 12.7 Å². The average Bonchev–Trinajstić information content (AvgIpc) is 2.30. The van der Waals surface area contributed by atoms with Crippen molar-refractivity contribution in [3.8, 4) is 0 Å². The first-order chi connectivity index (χ1) is 8.08. The van der Waals surface area contributed by atoms with Gasteiger partial charge < -0.3 is 5.32 Å². The van der Waals surface area contributed by atoms with E-state index in [1.807, 2.05) is 0 Å². The minimum Gasteiger partial charge on any atom is -0.365 e. The minimum atomic E-state index is -0.321. The van der Waals surface area contributed by atoms with Gasteiger partial charge in [0, 0.05) is 6.04 Å². The van der Waals surface area contributed by atoms with Crippen LogP contribution in [0, 0.1) is 24.6 Å². The second kappa shape index (κ2) is 4.98. The zero-order valence-corrected chi connectivity index (χ0v) is 10.7. The molecule has 2 rings (SSSR count). The highest BCUT2D eigenvalue weighted by Gasteiger charge is 2.25. The van der Waals surface area contributed by atoms with Crippen LogP contribution < -0.4 is 5.32 Å². The summed E-state index contributed by atoms with van der Waals surface area (Å²) in [6.07, 6.45) is 4.79. The fourth-order valence-electron chi connectivity index (χ4n) is 2.43. The Bertz CT molecular complexity index is 394. The summed E-state index contributed by atoms with van der Waals surface area (Å²) in [5, 5.41) is 3.21. The van der Waals surface area contributed by atoms with Crippen molar-refractivity contribution in [3.05, 3.63) is 17.8 Å². The van der Waals surface area contributed by atoms with Gasteiger partial charge in [0.05, 0.1) is 5.69 Å². The number of hydrogen-bond acceptors (Lipinski definition) is 3. The van der Waals surface area contributed by atoms with Gasteiger partial charge in [-0.3, -0.25) is 0 Å². The zero-order valence-electron chi connectivity index (χ0n) is 10.7. The van der Waals surface area contributed by atoms with E-state index in [0.717, 1.165) is 18.8 Å². The van der Waals surface area contributed by atoms with E-state index in [-0.39, 0.29) is 5.82 Å². The van der Waals surface area contributed by atoms with E-state index >= 15 is 0 Å². The van der Waals surface area contributed by atoms with E-state index in [1.54, 1.807) is 6.92 Å². The summed E-state index contributed by atoms with van der Waals surface area (Å²) in [4.78, 5) is 7.81. The summed E-state index contributed by atoms with van der Waals surface area (Å²) in [5.41, 5.74) is 0.403. The Balaban J connectivity index is 2.04. The van der Waals surface area contributed by atoms with Gasteiger partial charge >= 0.3 is 0 Å². The van der Waals surface area contributed by atoms with Crippen molar-refractivity contribution >= 4 is 5.82 Å². The second-order valence-corrected chi connectivity index (χ2v) is 5.23. The van der Waals surface area contributed by atoms with Crippen molar-refractivity contribution in [2.45, 2.75) is 46.1 Å². The number of hydrogen-bond donors (Lipinski definition) is 1. The normalized spacial score (nSPS) is 29.1. The third-order valence-electron chi connectivity index (χ3n) is 3.90. The predicted octanol–water partition coefficient (Wildman–Crippen LogP) is 3.16. The molecule has 1 aliphatic rings. The second-order valence-electron chi connectivity index (χ2n) is 5.23. The summed E-state index contributed by atoms with van der Waals surface area (Å²) >= 11 is 0. The predicted molar refractivity (Wildman–Crippen MR) is 66.3 cm³/mol. The first-order valence-electron chi connectivity index (χ1n) is 6.31. The first-order valence-corrected chi connectivity index (χ1v) is 6.31. The molecule has 94 valence electrons. The van der Waals surface area contributed by atoms with Crippen LogP contribution in [0.3, 0.4) is 0 Å². The van der Waals surface area contributed by atoms with Crippen LogP contribution in [-0.4, -0.2) is 16.0 Å². The van der Waals surface area contributed by atoms with Gasteiger partial charge in [-0.05, 0) is 38.0 Å². The molecule has 1 heterocycles. The standard InChI is InChI=1S/C13H20FN3/c1-8-4-5-11(6-9(8)2)17-13-12(14)10(3)15-7-16-13/h7-9,11H,4-6H2,1-3H3,(H,15,16,17). The number of aryl methyl sites for hydroxylation is 1. The Hall–Kier alpha value is -1.19. The molecule has 1 fully saturated rings. The maximum Gasteiger partial charge on any atom is 0.186 e. The lowest BCUT2D eigenvalue weighted by Gasteiger charge is -2.32. The number of anilines is 1. The summed E-state index contributed by atoms with van der Waals surface area (Å²) in [6, 6.07) is 0.338. The van der Waals surface area contributed by atoms with Crippen molar-refractivity contribution in [2.75, 3.05) is 5.32 Å². The lowest BCUT2D eigenvalue weighted by Crippen LogP contribution is -2.31. The van der Waals surface area contributed by atoms with E-state index < -0.39 is 0 Å². The van der Waals surface area contributed by atoms with Crippen LogP contribution in [0.25, 0.3) is 0 Å². The lowest BCUT2D eigenvalue weighted by atomic mass is 9.79. The largest absolute Gasteiger partial charge is 0.365 e. The SMILES string of the molecule is Cc1ncnc(NC2CCC(C)C(C)C2)c1F. The number of aromatic nitrogens is 2. The molecule has 3 nitrogen and oxygen atoms in total. The molecule has 0 spiro atoms. The Morgan fingerprint density at radius 3 is 2.71 bits per heavy atom. The molecular weight excluding hydrogens is 217 g/mol. The van der Waals surface area contributed by atoms with Crippen molar-refractivity contribution in [3.63, 3.8) is 0 Å². The van der Waals surface area contributed by atoms with Gasteiger partial charge in [0.1, 0.15) is 6.33 Å². The third kappa shape index (κ3) is 2.73. The molecule has 1 saturated carbocycles. The average molecular weight is 237 g/mol. The molecule has 3 unspecified atom stereocenters. The van der Waals surface area contributed by atoms with E-state index in [9.17, 15) is 4.39 Å². The minimum absolute atomic E-state index is 0.321. The van der Waals surface area contributed by atoms with Crippen LogP contribution in [0.2, 0.25) is 0 Å². The number of nitrogens with zero attached hydrogens (tertiary/aromatic N) is 2. The Morgan fingerprint density at radius 1 is 1.24 bits per heavy atom. The van der Waals surface area contributed by atoms with E-state index in [4.69, 9.17) is 0 Å². The van der Waals surface area contributed by atoms with Crippen LogP contribution in [0.15, 0.2) is 6.33 Å². The Labute approximate surface area is 102 Å². The zero-order chi connectivity index (χ0) is 12.4. The molecule has 1 N–H and O–H groups in total. The number of halogens is 1. The maximum absolute atomic E-state index is 13.7. The molecular formula is C13H20FN3. The molecule has 0 bridgehead atoms. The summed E-state index contributed by atoms with van der Waals surface area (Å²) in [5.74, 6) is 1.49. The van der Waals surface area contributed by atoms with Crippen LogP contribution in [-0.2, 0) is 0 Å². The van der Waals surface area contributed by atoms with Gasteiger partial charge in [0.25, 0.3) is 0 Å². The molecule has 1 aliphatic carbocycles. The van der Waals surface area contributed by atoms with Gasteiger partial charge in [-0.2, -0.15) is 0 Å². The molecule has 0 saturated heterocycles. The Morgan fingerprint density at radius 2 is 2.00 bits per heavy atom. The highest BCUT2D eigenvalue weighted by molar-refractivity contribution is 5.38. The van der Waals surface area contributed by atoms with Crippen molar-refractivity contribution in [1.29, 1.82) is 0 Å². The van der Waals surface area contributed by atoms with E-state index in [0.29, 0.717) is 23.5 Å². The summed E-state index contributed by atoms with van der Waals surface area (Å²) < 4.78 is 13.7. The number of rotatable bonds is 2. The van der Waals surface area contributed by atoms with Crippen LogP contribution in [0.4, 0.5) is 10.2 Å². The van der Waals surface area contributed by atoms with Gasteiger partial charge in [-0.15, -0.1) is 0 Å². The summed E-state index contributed by atoms with van der Waals surface area (Å²) in [7, 11) is 0. The number of nitrogens with one attached hydrogen (secondary N) is 1.